The number of nitrogens with zero attached hydrogens (tertiary/aromatic N) is 4. The van der Waals surface area contributed by atoms with Crippen molar-refractivity contribution in [1.29, 1.82) is 0 Å². The molecule has 0 fully saturated rings. The van der Waals surface area contributed by atoms with Crippen LogP contribution >= 0.6 is 11.6 Å². The van der Waals surface area contributed by atoms with Crippen LogP contribution in [0.25, 0.3) is 11.6 Å². The first kappa shape index (κ1) is 15.0. The highest BCUT2D eigenvalue weighted by atomic mass is 35.5. The molecule has 0 atom stereocenters. The number of carbonyl (C=O) groups excluding carboxylic acids is 1. The lowest BCUT2D eigenvalue weighted by molar-refractivity contribution is -0.115. The molecule has 0 saturated heterocycles. The summed E-state index contributed by atoms with van der Waals surface area (Å²) in [5, 5.41) is 9.85. The normalized spacial score (nSPS) is 10.5. The Bertz CT molecular complexity index is 840. The Balaban J connectivity index is 1.69. The smallest absolute Gasteiger partial charge is 0.267 e. The number of hydrogen-bond acceptors (Lipinski definition) is 6. The van der Waals surface area contributed by atoms with Gasteiger partial charge in [0.2, 0.25) is 11.8 Å². The molecule has 9 heteroatoms. The highest BCUT2D eigenvalue weighted by Crippen LogP contribution is 2.22. The van der Waals surface area contributed by atoms with E-state index in [1.165, 1.54) is 36.8 Å². The fourth-order valence-corrected chi connectivity index (χ4v) is 1.94. The van der Waals surface area contributed by atoms with Crippen molar-refractivity contribution >= 4 is 23.2 Å². The summed E-state index contributed by atoms with van der Waals surface area (Å²) in [4.78, 5) is 19.8. The molecule has 3 aromatic rings. The van der Waals surface area contributed by atoms with Gasteiger partial charge in [-0.05, 0) is 12.1 Å². The summed E-state index contributed by atoms with van der Waals surface area (Å²) in [5.74, 6) is -0.991. The molecule has 0 radical (unpaired) electrons. The SMILES string of the molecule is O=C(Cc1nnc(-c2cnccn2)o1)Nc1cccc(Cl)c1F. The molecule has 2 aromatic heterocycles. The van der Waals surface area contributed by atoms with Crippen LogP contribution in [0.3, 0.4) is 0 Å². The number of benzene rings is 1. The van der Waals surface area contributed by atoms with Crippen LogP contribution in [0.1, 0.15) is 5.89 Å². The largest absolute Gasteiger partial charge is 0.419 e. The summed E-state index contributed by atoms with van der Waals surface area (Å²) < 4.78 is 19.0. The predicted molar refractivity (Wildman–Crippen MR) is 79.1 cm³/mol. The molecular formula is C14H9ClFN5O2. The van der Waals surface area contributed by atoms with Gasteiger partial charge in [-0.1, -0.05) is 17.7 Å². The fraction of sp³-hybridized carbons (Fsp3) is 0.0714. The first-order valence-corrected chi connectivity index (χ1v) is 6.84. The maximum atomic E-state index is 13.7. The summed E-state index contributed by atoms with van der Waals surface area (Å²) in [7, 11) is 0. The van der Waals surface area contributed by atoms with Gasteiger partial charge in [-0.15, -0.1) is 10.2 Å². The van der Waals surface area contributed by atoms with Gasteiger partial charge in [0.15, 0.2) is 5.82 Å². The van der Waals surface area contributed by atoms with Crippen molar-refractivity contribution in [1.82, 2.24) is 20.2 Å². The van der Waals surface area contributed by atoms with E-state index >= 15 is 0 Å². The zero-order valence-corrected chi connectivity index (χ0v) is 12.3. The van der Waals surface area contributed by atoms with Crippen molar-refractivity contribution in [3.63, 3.8) is 0 Å². The summed E-state index contributed by atoms with van der Waals surface area (Å²) >= 11 is 5.65. The van der Waals surface area contributed by atoms with E-state index < -0.39 is 11.7 Å². The quantitative estimate of drug-likeness (QED) is 0.788. The first-order valence-electron chi connectivity index (χ1n) is 6.46. The number of hydrogen-bond donors (Lipinski definition) is 1. The average Bonchev–Trinajstić information content (AvgIpc) is 3.01. The highest BCUT2D eigenvalue weighted by molar-refractivity contribution is 6.31. The van der Waals surface area contributed by atoms with E-state index in [1.54, 1.807) is 0 Å². The van der Waals surface area contributed by atoms with Crippen LogP contribution in [0, 0.1) is 5.82 Å². The molecule has 0 aliphatic rings. The molecule has 0 bridgehead atoms. The number of rotatable bonds is 4. The van der Waals surface area contributed by atoms with Crippen LogP contribution < -0.4 is 5.32 Å². The van der Waals surface area contributed by atoms with Crippen molar-refractivity contribution < 1.29 is 13.6 Å². The van der Waals surface area contributed by atoms with E-state index in [2.05, 4.69) is 25.5 Å². The molecule has 2 heterocycles. The number of halogens is 2. The van der Waals surface area contributed by atoms with Gasteiger partial charge in [0.1, 0.15) is 12.1 Å². The Morgan fingerprint density at radius 1 is 1.30 bits per heavy atom. The Kier molecular flexibility index (Phi) is 4.24. The van der Waals surface area contributed by atoms with Crippen LogP contribution in [-0.4, -0.2) is 26.1 Å². The summed E-state index contributed by atoms with van der Waals surface area (Å²) in [5.41, 5.74) is 0.378. The second-order valence-corrected chi connectivity index (χ2v) is 4.83. The monoisotopic (exact) mass is 333 g/mol. The Hall–Kier alpha value is -2.87. The standard InChI is InChI=1S/C14H9ClFN5O2/c15-8-2-1-3-9(13(8)16)19-11(22)6-12-20-21-14(23-12)10-7-17-4-5-18-10/h1-5,7H,6H2,(H,19,22). The lowest BCUT2D eigenvalue weighted by atomic mass is 10.3. The van der Waals surface area contributed by atoms with Gasteiger partial charge < -0.3 is 9.73 Å². The van der Waals surface area contributed by atoms with Crippen molar-refractivity contribution in [2.24, 2.45) is 0 Å². The van der Waals surface area contributed by atoms with E-state index in [9.17, 15) is 9.18 Å². The maximum absolute atomic E-state index is 13.7. The average molecular weight is 334 g/mol. The van der Waals surface area contributed by atoms with Gasteiger partial charge in [0.25, 0.3) is 5.89 Å². The second-order valence-electron chi connectivity index (χ2n) is 4.42. The van der Waals surface area contributed by atoms with Crippen LogP contribution in [-0.2, 0) is 11.2 Å². The van der Waals surface area contributed by atoms with Gasteiger partial charge in [-0.25, -0.2) is 9.37 Å². The minimum atomic E-state index is -0.701. The van der Waals surface area contributed by atoms with Crippen molar-refractivity contribution in [3.8, 4) is 11.6 Å². The molecule has 23 heavy (non-hydrogen) atoms. The van der Waals surface area contributed by atoms with E-state index in [4.69, 9.17) is 16.0 Å². The molecule has 0 aliphatic heterocycles. The number of amides is 1. The van der Waals surface area contributed by atoms with E-state index in [0.29, 0.717) is 5.69 Å². The van der Waals surface area contributed by atoms with Crippen molar-refractivity contribution in [2.45, 2.75) is 6.42 Å². The van der Waals surface area contributed by atoms with E-state index in [-0.39, 0.29) is 28.9 Å². The van der Waals surface area contributed by atoms with Crippen molar-refractivity contribution in [2.75, 3.05) is 5.32 Å². The number of nitrogens with one attached hydrogen (secondary N) is 1. The molecule has 0 spiro atoms. The molecule has 0 saturated carbocycles. The minimum Gasteiger partial charge on any atom is -0.419 e. The molecule has 7 nitrogen and oxygen atoms in total. The first-order chi connectivity index (χ1) is 11.1. The minimum absolute atomic E-state index is 0.0174. The summed E-state index contributed by atoms with van der Waals surface area (Å²) in [6, 6.07) is 4.32. The molecule has 116 valence electrons. The Morgan fingerprint density at radius 3 is 2.96 bits per heavy atom. The lowest BCUT2D eigenvalue weighted by Gasteiger charge is -2.05. The number of aromatic nitrogens is 4. The van der Waals surface area contributed by atoms with Gasteiger partial charge in [-0.3, -0.25) is 9.78 Å². The molecule has 0 aliphatic carbocycles. The third-order valence-electron chi connectivity index (χ3n) is 2.79. The molecule has 1 aromatic carbocycles. The maximum Gasteiger partial charge on any atom is 0.267 e. The zero-order chi connectivity index (χ0) is 16.2. The zero-order valence-electron chi connectivity index (χ0n) is 11.5. The van der Waals surface area contributed by atoms with Crippen LogP contribution in [0.5, 0.6) is 0 Å². The predicted octanol–water partition coefficient (Wildman–Crippen LogP) is 2.50. The third-order valence-corrected chi connectivity index (χ3v) is 3.08. The van der Waals surface area contributed by atoms with Crippen LogP contribution in [0.2, 0.25) is 5.02 Å². The highest BCUT2D eigenvalue weighted by Gasteiger charge is 2.15. The van der Waals surface area contributed by atoms with Gasteiger partial charge in [0, 0.05) is 12.4 Å². The number of carbonyl (C=O) groups is 1. The van der Waals surface area contributed by atoms with Gasteiger partial charge in [0.05, 0.1) is 16.9 Å². The summed E-state index contributed by atoms with van der Waals surface area (Å²) in [6.07, 6.45) is 4.24. The molecular weight excluding hydrogens is 325 g/mol. The third kappa shape index (κ3) is 3.49. The number of anilines is 1. The second kappa shape index (κ2) is 6.49. The molecule has 1 amide bonds. The Morgan fingerprint density at radius 2 is 2.17 bits per heavy atom. The molecule has 1 N–H and O–H groups in total. The van der Waals surface area contributed by atoms with E-state index in [0.717, 1.165) is 0 Å². The lowest BCUT2D eigenvalue weighted by Crippen LogP contribution is -2.15. The molecule has 0 unspecified atom stereocenters. The Labute approximate surface area is 134 Å². The van der Waals surface area contributed by atoms with Crippen molar-refractivity contribution in [3.05, 3.63) is 53.5 Å². The molecule has 3 rings (SSSR count). The van der Waals surface area contributed by atoms with Gasteiger partial charge in [-0.2, -0.15) is 0 Å². The van der Waals surface area contributed by atoms with Crippen LogP contribution in [0.15, 0.2) is 41.2 Å². The van der Waals surface area contributed by atoms with Gasteiger partial charge >= 0.3 is 0 Å². The summed E-state index contributed by atoms with van der Waals surface area (Å²) in [6.45, 7) is 0. The van der Waals surface area contributed by atoms with Crippen LogP contribution in [0.4, 0.5) is 10.1 Å². The fourth-order valence-electron chi connectivity index (χ4n) is 1.77. The van der Waals surface area contributed by atoms with E-state index in [1.807, 2.05) is 0 Å². The topological polar surface area (TPSA) is 93.8 Å².